The fraction of sp³-hybridized carbons (Fsp3) is 0.429. The fourth-order valence-electron chi connectivity index (χ4n) is 2.25. The van der Waals surface area contributed by atoms with Crippen molar-refractivity contribution in [2.24, 2.45) is 0 Å². The van der Waals surface area contributed by atoms with Crippen LogP contribution in [0.3, 0.4) is 0 Å². The van der Waals surface area contributed by atoms with E-state index in [-0.39, 0.29) is 17.9 Å². The third-order valence-corrected chi connectivity index (χ3v) is 3.30. The van der Waals surface area contributed by atoms with Crippen molar-refractivity contribution in [1.29, 1.82) is 5.26 Å². The van der Waals surface area contributed by atoms with E-state index in [2.05, 4.69) is 21.6 Å². The number of carbonyl (C=O) groups excluding carboxylic acids is 1. The minimum Gasteiger partial charge on any atom is -0.335 e. The molecular weight excluding hydrogens is 259 g/mol. The van der Waals surface area contributed by atoms with Crippen molar-refractivity contribution in [3.63, 3.8) is 0 Å². The number of benzene rings is 1. The monoisotopic (exact) mass is 276 g/mol. The lowest BCUT2D eigenvalue weighted by Gasteiger charge is -2.30. The number of nitrogens with zero attached hydrogens (tertiary/aromatic N) is 2. The second-order valence-electron chi connectivity index (χ2n) is 4.82. The molecule has 2 amide bonds. The summed E-state index contributed by atoms with van der Waals surface area (Å²) in [6.45, 7) is 2.04. The standard InChI is InChI=1S/C14H17FN4O/c15-11-2-1-3-13(10-11)18-14(20)17-12-4-7-19(8-5-12)9-6-16/h1-3,10,12H,4-5,7-9H2,(H2,17,18,20). The molecule has 106 valence electrons. The Balaban J connectivity index is 1.77. The summed E-state index contributed by atoms with van der Waals surface area (Å²) >= 11 is 0. The Kier molecular flexibility index (Phi) is 4.91. The highest BCUT2D eigenvalue weighted by molar-refractivity contribution is 5.89. The first kappa shape index (κ1) is 14.3. The summed E-state index contributed by atoms with van der Waals surface area (Å²) < 4.78 is 13.0. The molecular formula is C14H17FN4O. The molecule has 0 radical (unpaired) electrons. The van der Waals surface area contributed by atoms with Crippen LogP contribution >= 0.6 is 0 Å². The van der Waals surface area contributed by atoms with Gasteiger partial charge >= 0.3 is 6.03 Å². The second kappa shape index (κ2) is 6.87. The number of likely N-dealkylation sites (tertiary alicyclic amines) is 1. The van der Waals surface area contributed by atoms with Gasteiger partial charge in [-0.2, -0.15) is 5.26 Å². The molecule has 1 aromatic carbocycles. The van der Waals surface area contributed by atoms with Crippen LogP contribution in [0.5, 0.6) is 0 Å². The molecule has 1 saturated heterocycles. The van der Waals surface area contributed by atoms with E-state index in [1.54, 1.807) is 12.1 Å². The van der Waals surface area contributed by atoms with E-state index in [0.717, 1.165) is 25.9 Å². The molecule has 0 unspecified atom stereocenters. The summed E-state index contributed by atoms with van der Waals surface area (Å²) in [6, 6.07) is 7.68. The van der Waals surface area contributed by atoms with Crippen molar-refractivity contribution in [2.75, 3.05) is 25.0 Å². The summed E-state index contributed by atoms with van der Waals surface area (Å²) in [5.41, 5.74) is 0.435. The number of halogens is 1. The first-order chi connectivity index (χ1) is 9.67. The lowest BCUT2D eigenvalue weighted by Crippen LogP contribution is -2.46. The SMILES string of the molecule is N#CCN1CCC(NC(=O)Nc2cccc(F)c2)CC1. The first-order valence-electron chi connectivity index (χ1n) is 6.60. The summed E-state index contributed by atoms with van der Waals surface area (Å²) in [6.07, 6.45) is 1.64. The predicted octanol–water partition coefficient (Wildman–Crippen LogP) is 1.94. The Hall–Kier alpha value is -2.13. The van der Waals surface area contributed by atoms with Gasteiger partial charge in [-0.25, -0.2) is 9.18 Å². The molecule has 5 nitrogen and oxygen atoms in total. The Morgan fingerprint density at radius 1 is 1.45 bits per heavy atom. The predicted molar refractivity (Wildman–Crippen MR) is 73.6 cm³/mol. The maximum atomic E-state index is 13.0. The van der Waals surface area contributed by atoms with Crippen LogP contribution in [-0.4, -0.2) is 36.6 Å². The van der Waals surface area contributed by atoms with Gasteiger partial charge in [0.25, 0.3) is 0 Å². The maximum absolute atomic E-state index is 13.0. The van der Waals surface area contributed by atoms with Crippen LogP contribution in [0, 0.1) is 17.1 Å². The van der Waals surface area contributed by atoms with Crippen LogP contribution in [-0.2, 0) is 0 Å². The molecule has 2 rings (SSSR count). The fourth-order valence-corrected chi connectivity index (χ4v) is 2.25. The van der Waals surface area contributed by atoms with Gasteiger partial charge < -0.3 is 10.6 Å². The van der Waals surface area contributed by atoms with Crippen molar-refractivity contribution in [1.82, 2.24) is 10.2 Å². The van der Waals surface area contributed by atoms with Gasteiger partial charge in [-0.3, -0.25) is 4.90 Å². The van der Waals surface area contributed by atoms with Gasteiger partial charge in [-0.15, -0.1) is 0 Å². The van der Waals surface area contributed by atoms with Crippen molar-refractivity contribution < 1.29 is 9.18 Å². The molecule has 1 heterocycles. The quantitative estimate of drug-likeness (QED) is 0.829. The number of rotatable bonds is 3. The van der Waals surface area contributed by atoms with E-state index in [1.165, 1.54) is 12.1 Å². The van der Waals surface area contributed by atoms with Crippen molar-refractivity contribution in [3.8, 4) is 6.07 Å². The van der Waals surface area contributed by atoms with Crippen molar-refractivity contribution in [3.05, 3.63) is 30.1 Å². The van der Waals surface area contributed by atoms with E-state index >= 15 is 0 Å². The van der Waals surface area contributed by atoms with Gasteiger partial charge in [-0.1, -0.05) is 6.07 Å². The van der Waals surface area contributed by atoms with Crippen LogP contribution in [0.15, 0.2) is 24.3 Å². The number of nitriles is 1. The van der Waals surface area contributed by atoms with Crippen LogP contribution < -0.4 is 10.6 Å². The number of amides is 2. The Bertz CT molecular complexity index is 506. The van der Waals surface area contributed by atoms with Crippen LogP contribution in [0.4, 0.5) is 14.9 Å². The van der Waals surface area contributed by atoms with E-state index in [4.69, 9.17) is 5.26 Å². The summed E-state index contributed by atoms with van der Waals surface area (Å²) in [5.74, 6) is -0.382. The summed E-state index contributed by atoms with van der Waals surface area (Å²) in [4.78, 5) is 13.8. The molecule has 6 heteroatoms. The molecule has 2 N–H and O–H groups in total. The number of hydrogen-bond acceptors (Lipinski definition) is 3. The highest BCUT2D eigenvalue weighted by Crippen LogP contribution is 2.11. The average molecular weight is 276 g/mol. The lowest BCUT2D eigenvalue weighted by atomic mass is 10.1. The summed E-state index contributed by atoms with van der Waals surface area (Å²) in [5, 5.41) is 14.1. The molecule has 0 bridgehead atoms. The highest BCUT2D eigenvalue weighted by Gasteiger charge is 2.20. The van der Waals surface area contributed by atoms with Gasteiger partial charge in [0.15, 0.2) is 0 Å². The number of carbonyl (C=O) groups is 1. The smallest absolute Gasteiger partial charge is 0.319 e. The lowest BCUT2D eigenvalue weighted by molar-refractivity contribution is 0.211. The number of anilines is 1. The van der Waals surface area contributed by atoms with Gasteiger partial charge in [0, 0.05) is 24.8 Å². The highest BCUT2D eigenvalue weighted by atomic mass is 19.1. The normalized spacial score (nSPS) is 16.4. The molecule has 0 aliphatic carbocycles. The van der Waals surface area contributed by atoms with E-state index in [1.807, 2.05) is 0 Å². The van der Waals surface area contributed by atoms with Crippen LogP contribution in [0.2, 0.25) is 0 Å². The second-order valence-corrected chi connectivity index (χ2v) is 4.82. The van der Waals surface area contributed by atoms with Gasteiger partial charge in [0.05, 0.1) is 12.6 Å². The Morgan fingerprint density at radius 2 is 2.20 bits per heavy atom. The number of piperidine rings is 1. The van der Waals surface area contributed by atoms with Crippen LogP contribution in [0.1, 0.15) is 12.8 Å². The Morgan fingerprint density at radius 3 is 2.85 bits per heavy atom. The largest absolute Gasteiger partial charge is 0.335 e. The summed E-state index contributed by atoms with van der Waals surface area (Å²) in [7, 11) is 0. The first-order valence-corrected chi connectivity index (χ1v) is 6.60. The minimum absolute atomic E-state index is 0.0958. The molecule has 0 atom stereocenters. The maximum Gasteiger partial charge on any atom is 0.319 e. The Labute approximate surface area is 117 Å². The minimum atomic E-state index is -0.382. The van der Waals surface area contributed by atoms with E-state index < -0.39 is 0 Å². The average Bonchev–Trinajstić information content (AvgIpc) is 2.41. The molecule has 1 aliphatic heterocycles. The van der Waals surface area contributed by atoms with Crippen molar-refractivity contribution >= 4 is 11.7 Å². The zero-order chi connectivity index (χ0) is 14.4. The van der Waals surface area contributed by atoms with E-state index in [9.17, 15) is 9.18 Å². The molecule has 1 fully saturated rings. The van der Waals surface area contributed by atoms with E-state index in [0.29, 0.717) is 12.2 Å². The van der Waals surface area contributed by atoms with Gasteiger partial charge in [-0.05, 0) is 31.0 Å². The number of hydrogen-bond donors (Lipinski definition) is 2. The molecule has 1 aliphatic rings. The third-order valence-electron chi connectivity index (χ3n) is 3.30. The number of urea groups is 1. The topological polar surface area (TPSA) is 68.2 Å². The number of nitrogens with one attached hydrogen (secondary N) is 2. The zero-order valence-corrected chi connectivity index (χ0v) is 11.1. The molecule has 0 aromatic heterocycles. The van der Waals surface area contributed by atoms with Gasteiger partial charge in [0.2, 0.25) is 0 Å². The molecule has 0 spiro atoms. The van der Waals surface area contributed by atoms with Crippen LogP contribution in [0.25, 0.3) is 0 Å². The third kappa shape index (κ3) is 4.21. The molecule has 1 aromatic rings. The molecule has 20 heavy (non-hydrogen) atoms. The molecule has 0 saturated carbocycles. The van der Waals surface area contributed by atoms with Crippen molar-refractivity contribution in [2.45, 2.75) is 18.9 Å². The zero-order valence-electron chi connectivity index (χ0n) is 11.1. The van der Waals surface area contributed by atoms with Gasteiger partial charge in [0.1, 0.15) is 5.82 Å².